The molecule has 1 saturated heterocycles. The highest BCUT2D eigenvalue weighted by molar-refractivity contribution is 5.76. The van der Waals surface area contributed by atoms with Crippen LogP contribution in [0.5, 0.6) is 0 Å². The number of hydrogen-bond donors (Lipinski definition) is 1. The second-order valence-corrected chi connectivity index (χ2v) is 7.71. The van der Waals surface area contributed by atoms with E-state index in [-0.39, 0.29) is 24.5 Å². The SMILES string of the molecule is CC1CN(c2ccc(CNC(=O)CCc3nc(-c4ccncc4)no3)cn2)CC(C)O1. The number of nitrogens with zero attached hydrogens (tertiary/aromatic N) is 5. The van der Waals surface area contributed by atoms with Crippen molar-refractivity contribution in [3.8, 4) is 11.4 Å². The lowest BCUT2D eigenvalue weighted by Gasteiger charge is -2.36. The highest BCUT2D eigenvalue weighted by Gasteiger charge is 2.23. The van der Waals surface area contributed by atoms with Gasteiger partial charge in [-0.15, -0.1) is 0 Å². The molecule has 1 amide bonds. The standard InChI is InChI=1S/C22H26N6O3/c1-15-13-28(14-16(2)30-15)19-4-3-17(11-24-19)12-25-20(29)5-6-21-26-22(27-31-21)18-7-9-23-10-8-18/h3-4,7-11,15-16H,5-6,12-14H2,1-2H3,(H,25,29). The molecule has 0 aromatic carbocycles. The van der Waals surface area contributed by atoms with E-state index in [4.69, 9.17) is 9.26 Å². The topological polar surface area (TPSA) is 106 Å². The Balaban J connectivity index is 1.23. The van der Waals surface area contributed by atoms with Crippen LogP contribution in [0.4, 0.5) is 5.82 Å². The van der Waals surface area contributed by atoms with Crippen molar-refractivity contribution in [1.29, 1.82) is 0 Å². The van der Waals surface area contributed by atoms with Crippen molar-refractivity contribution in [3.05, 3.63) is 54.3 Å². The van der Waals surface area contributed by atoms with E-state index < -0.39 is 0 Å². The summed E-state index contributed by atoms with van der Waals surface area (Å²) in [4.78, 5) is 27.3. The molecular formula is C22H26N6O3. The van der Waals surface area contributed by atoms with Crippen LogP contribution in [0.1, 0.15) is 31.7 Å². The van der Waals surface area contributed by atoms with E-state index in [1.54, 1.807) is 30.7 Å². The Bertz CT molecular complexity index is 982. The predicted octanol–water partition coefficient (Wildman–Crippen LogP) is 2.39. The van der Waals surface area contributed by atoms with Crippen molar-refractivity contribution in [2.24, 2.45) is 0 Å². The average Bonchev–Trinajstić information content (AvgIpc) is 3.26. The lowest BCUT2D eigenvalue weighted by atomic mass is 10.2. The van der Waals surface area contributed by atoms with E-state index in [0.29, 0.717) is 24.7 Å². The van der Waals surface area contributed by atoms with Crippen LogP contribution in [0.2, 0.25) is 0 Å². The minimum Gasteiger partial charge on any atom is -0.372 e. The molecule has 3 aromatic heterocycles. The van der Waals surface area contributed by atoms with Crippen LogP contribution >= 0.6 is 0 Å². The molecule has 9 heteroatoms. The van der Waals surface area contributed by atoms with Gasteiger partial charge in [0.05, 0.1) is 12.2 Å². The molecular weight excluding hydrogens is 396 g/mol. The zero-order chi connectivity index (χ0) is 21.6. The van der Waals surface area contributed by atoms with Gasteiger partial charge in [0.2, 0.25) is 17.6 Å². The summed E-state index contributed by atoms with van der Waals surface area (Å²) in [6.07, 6.45) is 6.17. The molecule has 3 aromatic rings. The van der Waals surface area contributed by atoms with Gasteiger partial charge in [0.15, 0.2) is 0 Å². The van der Waals surface area contributed by atoms with Crippen LogP contribution < -0.4 is 10.2 Å². The predicted molar refractivity (Wildman–Crippen MR) is 114 cm³/mol. The zero-order valence-electron chi connectivity index (χ0n) is 17.7. The molecule has 1 fully saturated rings. The lowest BCUT2D eigenvalue weighted by Crippen LogP contribution is -2.45. The Morgan fingerprint density at radius 1 is 1.16 bits per heavy atom. The molecule has 31 heavy (non-hydrogen) atoms. The van der Waals surface area contributed by atoms with Crippen molar-refractivity contribution in [2.75, 3.05) is 18.0 Å². The molecule has 0 bridgehead atoms. The lowest BCUT2D eigenvalue weighted by molar-refractivity contribution is -0.121. The number of anilines is 1. The number of morpholine rings is 1. The summed E-state index contributed by atoms with van der Waals surface area (Å²) in [6, 6.07) is 7.60. The summed E-state index contributed by atoms with van der Waals surface area (Å²) in [5, 5.41) is 6.86. The highest BCUT2D eigenvalue weighted by atomic mass is 16.5. The van der Waals surface area contributed by atoms with Gasteiger partial charge in [0, 0.05) is 56.6 Å². The Labute approximate surface area is 180 Å². The van der Waals surface area contributed by atoms with Crippen LogP contribution in [-0.2, 0) is 22.5 Å². The minimum absolute atomic E-state index is 0.0800. The Kier molecular flexibility index (Phi) is 6.51. The second kappa shape index (κ2) is 9.65. The monoisotopic (exact) mass is 422 g/mol. The number of pyridine rings is 2. The first-order valence-corrected chi connectivity index (χ1v) is 10.4. The van der Waals surface area contributed by atoms with Gasteiger partial charge < -0.3 is 19.5 Å². The van der Waals surface area contributed by atoms with Gasteiger partial charge in [0.25, 0.3) is 0 Å². The smallest absolute Gasteiger partial charge is 0.227 e. The number of nitrogens with one attached hydrogen (secondary N) is 1. The maximum atomic E-state index is 12.2. The molecule has 0 saturated carbocycles. The second-order valence-electron chi connectivity index (χ2n) is 7.71. The quantitative estimate of drug-likeness (QED) is 0.619. The molecule has 4 rings (SSSR count). The summed E-state index contributed by atoms with van der Waals surface area (Å²) in [5.74, 6) is 1.78. The van der Waals surface area contributed by atoms with Crippen molar-refractivity contribution < 1.29 is 14.1 Å². The summed E-state index contributed by atoms with van der Waals surface area (Å²) < 4.78 is 11.0. The Morgan fingerprint density at radius 3 is 2.65 bits per heavy atom. The number of aryl methyl sites for hydroxylation is 1. The van der Waals surface area contributed by atoms with Crippen molar-refractivity contribution in [1.82, 2.24) is 25.4 Å². The average molecular weight is 422 g/mol. The van der Waals surface area contributed by atoms with E-state index in [0.717, 1.165) is 30.0 Å². The van der Waals surface area contributed by atoms with E-state index >= 15 is 0 Å². The summed E-state index contributed by atoms with van der Waals surface area (Å²) >= 11 is 0. The van der Waals surface area contributed by atoms with Gasteiger partial charge in [-0.3, -0.25) is 9.78 Å². The fourth-order valence-corrected chi connectivity index (χ4v) is 3.56. The van der Waals surface area contributed by atoms with Crippen LogP contribution in [-0.4, -0.2) is 51.3 Å². The molecule has 1 N–H and O–H groups in total. The molecule has 4 heterocycles. The fraction of sp³-hybridized carbons (Fsp3) is 0.409. The summed E-state index contributed by atoms with van der Waals surface area (Å²) in [5.41, 5.74) is 1.77. The van der Waals surface area contributed by atoms with Gasteiger partial charge in [-0.1, -0.05) is 11.2 Å². The molecule has 0 spiro atoms. The molecule has 1 aliphatic heterocycles. The third-order valence-corrected chi connectivity index (χ3v) is 5.01. The number of amides is 1. The number of hydrogen-bond acceptors (Lipinski definition) is 8. The van der Waals surface area contributed by atoms with E-state index in [1.165, 1.54) is 0 Å². The number of carbonyl (C=O) groups excluding carboxylic acids is 1. The molecule has 9 nitrogen and oxygen atoms in total. The zero-order valence-corrected chi connectivity index (χ0v) is 17.7. The third kappa shape index (κ3) is 5.64. The van der Waals surface area contributed by atoms with Crippen LogP contribution in [0, 0.1) is 0 Å². The summed E-state index contributed by atoms with van der Waals surface area (Å²) in [7, 11) is 0. The van der Waals surface area contributed by atoms with E-state index in [9.17, 15) is 4.79 Å². The minimum atomic E-state index is -0.0800. The molecule has 2 atom stereocenters. The Morgan fingerprint density at radius 2 is 1.94 bits per heavy atom. The van der Waals surface area contributed by atoms with Gasteiger partial charge in [-0.2, -0.15) is 4.98 Å². The fourth-order valence-electron chi connectivity index (χ4n) is 3.56. The number of carbonyl (C=O) groups is 1. The molecule has 1 aliphatic rings. The van der Waals surface area contributed by atoms with Crippen molar-refractivity contribution >= 4 is 11.7 Å². The number of aromatic nitrogens is 4. The molecule has 0 radical (unpaired) electrons. The number of rotatable bonds is 7. The summed E-state index contributed by atoms with van der Waals surface area (Å²) in [6.45, 7) is 6.22. The maximum Gasteiger partial charge on any atom is 0.227 e. The Hall–Kier alpha value is -3.33. The third-order valence-electron chi connectivity index (χ3n) is 5.01. The van der Waals surface area contributed by atoms with E-state index in [1.807, 2.05) is 12.1 Å². The maximum absolute atomic E-state index is 12.2. The molecule has 162 valence electrons. The largest absolute Gasteiger partial charge is 0.372 e. The molecule has 0 aliphatic carbocycles. The number of ether oxygens (including phenoxy) is 1. The molecule has 2 unspecified atom stereocenters. The van der Waals surface area contributed by atoms with Gasteiger partial charge in [0.1, 0.15) is 5.82 Å². The van der Waals surface area contributed by atoms with Crippen molar-refractivity contribution in [2.45, 2.75) is 45.4 Å². The van der Waals surface area contributed by atoms with Gasteiger partial charge in [-0.05, 0) is 37.6 Å². The first kappa shape index (κ1) is 20.9. The van der Waals surface area contributed by atoms with Crippen molar-refractivity contribution in [3.63, 3.8) is 0 Å². The van der Waals surface area contributed by atoms with Crippen LogP contribution in [0.3, 0.4) is 0 Å². The van der Waals surface area contributed by atoms with E-state index in [2.05, 4.69) is 44.2 Å². The highest BCUT2D eigenvalue weighted by Crippen LogP contribution is 2.18. The first-order chi connectivity index (χ1) is 15.1. The van der Waals surface area contributed by atoms with Crippen LogP contribution in [0.15, 0.2) is 47.4 Å². The van der Waals surface area contributed by atoms with Crippen LogP contribution in [0.25, 0.3) is 11.4 Å². The first-order valence-electron chi connectivity index (χ1n) is 10.4. The van der Waals surface area contributed by atoms with Gasteiger partial charge in [-0.25, -0.2) is 4.98 Å². The normalized spacial score (nSPS) is 18.7. The van der Waals surface area contributed by atoms with Gasteiger partial charge >= 0.3 is 0 Å².